The van der Waals surface area contributed by atoms with E-state index < -0.39 is 5.97 Å². The van der Waals surface area contributed by atoms with Gasteiger partial charge in [-0.15, -0.1) is 0 Å². The van der Waals surface area contributed by atoms with Crippen molar-refractivity contribution in [2.75, 3.05) is 0 Å². The van der Waals surface area contributed by atoms with Gasteiger partial charge in [-0.05, 0) is 19.3 Å². The first-order chi connectivity index (χ1) is 10.7. The Hall–Kier alpha value is -0.570. The van der Waals surface area contributed by atoms with Crippen molar-refractivity contribution in [3.8, 4) is 0 Å². The number of rotatable bonds is 17. The van der Waals surface area contributed by atoms with Crippen LogP contribution in [0.3, 0.4) is 0 Å². The highest BCUT2D eigenvalue weighted by Gasteiger charge is 2.03. The molecule has 0 aliphatic heterocycles. The van der Waals surface area contributed by atoms with Gasteiger partial charge in [0.2, 0.25) is 1.43 Å². The average Bonchev–Trinajstić information content (AvgIpc) is 2.50. The van der Waals surface area contributed by atoms with Crippen LogP contribution in [0.2, 0.25) is 0 Å². The highest BCUT2D eigenvalue weighted by Crippen LogP contribution is 2.14. The van der Waals surface area contributed by atoms with Crippen LogP contribution in [0.1, 0.15) is 103 Å². The quantitative estimate of drug-likeness (QED) is 0.358. The molecule has 0 spiro atoms. The summed E-state index contributed by atoms with van der Waals surface area (Å²) >= 11 is 0. The third-order valence-electron chi connectivity index (χ3n) is 4.05. The van der Waals surface area contributed by atoms with Crippen molar-refractivity contribution in [2.45, 2.75) is 109 Å². The number of hydrogen-bond acceptors (Lipinski definition) is 2. The lowest BCUT2D eigenvalue weighted by atomic mass is 10.0. The third kappa shape index (κ3) is 17.4. The van der Waals surface area contributed by atoms with Gasteiger partial charge >= 0.3 is 5.97 Å². The molecule has 0 aromatic rings. The van der Waals surface area contributed by atoms with Crippen LogP contribution in [-0.4, -0.2) is 23.7 Å². The average molecular weight is 301 g/mol. The van der Waals surface area contributed by atoms with E-state index in [1.807, 2.05) is 0 Å². The Morgan fingerprint density at radius 2 is 1.33 bits per heavy atom. The standard InChI is InChI=1S/C18H36O3/c1-2-3-4-11-14-17(19)15-12-9-7-5-6-8-10-13-16-18(20)21/h17,19H,2-16H2,1H3,(H,20,21)/i19D. The van der Waals surface area contributed by atoms with Crippen molar-refractivity contribution in [1.82, 2.24) is 0 Å². The van der Waals surface area contributed by atoms with Gasteiger partial charge in [0.1, 0.15) is 0 Å². The van der Waals surface area contributed by atoms with Crippen molar-refractivity contribution in [3.63, 3.8) is 0 Å². The van der Waals surface area contributed by atoms with Crippen molar-refractivity contribution >= 4 is 5.97 Å². The number of carboxylic acid groups (broad SMARTS) is 1. The van der Waals surface area contributed by atoms with Crippen LogP contribution < -0.4 is 0 Å². The maximum atomic E-state index is 10.4. The van der Waals surface area contributed by atoms with Crippen LogP contribution in [0.15, 0.2) is 0 Å². The largest absolute Gasteiger partial charge is 0.481 e. The van der Waals surface area contributed by atoms with E-state index in [4.69, 9.17) is 11.6 Å². The van der Waals surface area contributed by atoms with E-state index in [9.17, 15) is 4.79 Å². The van der Waals surface area contributed by atoms with Crippen LogP contribution in [0.25, 0.3) is 0 Å². The Bertz CT molecular complexity index is 246. The first-order valence-corrected chi connectivity index (χ1v) is 9.04. The van der Waals surface area contributed by atoms with E-state index in [-0.39, 0.29) is 6.10 Å². The molecule has 0 aromatic heterocycles. The van der Waals surface area contributed by atoms with Gasteiger partial charge in [0.25, 0.3) is 0 Å². The molecule has 0 aliphatic carbocycles. The van der Waals surface area contributed by atoms with E-state index >= 15 is 0 Å². The summed E-state index contributed by atoms with van der Waals surface area (Å²) in [5.41, 5.74) is 0. The van der Waals surface area contributed by atoms with E-state index in [1.54, 1.807) is 0 Å². The topological polar surface area (TPSA) is 57.5 Å². The molecule has 0 bridgehead atoms. The van der Waals surface area contributed by atoms with Crippen LogP contribution in [-0.2, 0) is 4.79 Å². The first kappa shape index (κ1) is 18.5. The summed E-state index contributed by atoms with van der Waals surface area (Å²) < 4.78 is 7.14. The Morgan fingerprint density at radius 3 is 1.81 bits per heavy atom. The number of aliphatic hydroxyl groups is 1. The van der Waals surface area contributed by atoms with Crippen molar-refractivity contribution in [1.29, 1.82) is 1.43 Å². The zero-order chi connectivity index (χ0) is 16.5. The van der Waals surface area contributed by atoms with Crippen molar-refractivity contribution < 1.29 is 15.0 Å². The fourth-order valence-electron chi connectivity index (χ4n) is 2.65. The highest BCUT2D eigenvalue weighted by atomic mass is 16.4. The van der Waals surface area contributed by atoms with Gasteiger partial charge in [-0.25, -0.2) is 0 Å². The minimum absolute atomic E-state index is 0.132. The van der Waals surface area contributed by atoms with Crippen LogP contribution >= 0.6 is 0 Å². The minimum Gasteiger partial charge on any atom is -0.481 e. The lowest BCUT2D eigenvalue weighted by molar-refractivity contribution is -0.137. The van der Waals surface area contributed by atoms with E-state index in [2.05, 4.69) is 6.92 Å². The van der Waals surface area contributed by atoms with E-state index in [0.29, 0.717) is 6.42 Å². The number of hydrogen-bond donors (Lipinski definition) is 2. The maximum Gasteiger partial charge on any atom is 0.303 e. The van der Waals surface area contributed by atoms with E-state index in [1.165, 1.54) is 51.4 Å². The minimum atomic E-state index is -0.680. The molecule has 1 unspecified atom stereocenters. The van der Waals surface area contributed by atoms with Gasteiger partial charge in [-0.3, -0.25) is 4.79 Å². The molecule has 1 atom stereocenters. The Labute approximate surface area is 132 Å². The summed E-state index contributed by atoms with van der Waals surface area (Å²) in [6.07, 6.45) is 16.6. The normalized spacial score (nSPS) is 13.1. The Kier molecular flexibility index (Phi) is 13.9. The molecule has 0 heterocycles. The predicted molar refractivity (Wildman–Crippen MR) is 88.6 cm³/mol. The monoisotopic (exact) mass is 301 g/mol. The molecule has 0 amide bonds. The molecular formula is C18H36O3. The third-order valence-corrected chi connectivity index (χ3v) is 4.05. The molecule has 21 heavy (non-hydrogen) atoms. The predicted octanol–water partition coefficient (Wildman–Crippen LogP) is 5.30. The molecular weight excluding hydrogens is 264 g/mol. The highest BCUT2D eigenvalue weighted by molar-refractivity contribution is 5.66. The Morgan fingerprint density at radius 1 is 0.857 bits per heavy atom. The maximum absolute atomic E-state index is 10.4. The van der Waals surface area contributed by atoms with Gasteiger partial charge in [0, 0.05) is 6.42 Å². The molecule has 0 fully saturated rings. The molecule has 0 aliphatic rings. The van der Waals surface area contributed by atoms with Crippen molar-refractivity contribution in [3.05, 3.63) is 0 Å². The first-order valence-electron chi connectivity index (χ1n) is 9.45. The smallest absolute Gasteiger partial charge is 0.303 e. The molecule has 0 saturated carbocycles. The summed E-state index contributed by atoms with van der Waals surface area (Å²) in [6.45, 7) is 2.21. The fourth-order valence-corrected chi connectivity index (χ4v) is 2.65. The molecule has 0 radical (unpaired) electrons. The van der Waals surface area contributed by atoms with Gasteiger partial charge in [0.15, 0.2) is 0 Å². The zero-order valence-electron chi connectivity index (χ0n) is 14.9. The summed E-state index contributed by atoms with van der Waals surface area (Å²) in [6, 6.07) is 0. The zero-order valence-corrected chi connectivity index (χ0v) is 13.9. The van der Waals surface area contributed by atoms with Crippen LogP contribution in [0, 0.1) is 0 Å². The lowest BCUT2D eigenvalue weighted by Gasteiger charge is -2.10. The summed E-state index contributed by atoms with van der Waals surface area (Å²) in [7, 11) is 0. The van der Waals surface area contributed by atoms with Crippen LogP contribution in [0.4, 0.5) is 0 Å². The molecule has 126 valence electrons. The Balaban J connectivity index is 3.27. The van der Waals surface area contributed by atoms with Gasteiger partial charge < -0.3 is 10.2 Å². The molecule has 2 N–H and O–H groups in total. The summed E-state index contributed by atoms with van der Waals surface area (Å²) in [4.78, 5) is 10.4. The van der Waals surface area contributed by atoms with E-state index in [0.717, 1.165) is 38.5 Å². The number of carboxylic acids is 1. The number of aliphatic hydroxyl groups excluding tert-OH is 1. The van der Waals surface area contributed by atoms with Gasteiger partial charge in [-0.2, -0.15) is 0 Å². The number of aliphatic carboxylic acids is 1. The molecule has 3 heteroatoms. The second kappa shape index (κ2) is 15.8. The van der Waals surface area contributed by atoms with Gasteiger partial charge in [0.05, 0.1) is 6.10 Å². The van der Waals surface area contributed by atoms with Crippen LogP contribution in [0.5, 0.6) is 0 Å². The number of unbranched alkanes of at least 4 members (excludes halogenated alkanes) is 10. The molecule has 0 rings (SSSR count). The van der Waals surface area contributed by atoms with Crippen molar-refractivity contribution in [2.24, 2.45) is 0 Å². The molecule has 3 nitrogen and oxygen atoms in total. The molecule has 0 saturated heterocycles. The SMILES string of the molecule is [2H]OC(CCCCCC)CCCCCCCCCCC(=O)O. The lowest BCUT2D eigenvalue weighted by Crippen LogP contribution is -2.05. The summed E-state index contributed by atoms with van der Waals surface area (Å²) in [5.74, 6) is -0.680. The molecule has 0 aromatic carbocycles. The fraction of sp³-hybridized carbons (Fsp3) is 0.944. The second-order valence-corrected chi connectivity index (χ2v) is 6.23. The summed E-state index contributed by atoms with van der Waals surface area (Å²) in [5, 5.41) is 13.4. The van der Waals surface area contributed by atoms with Gasteiger partial charge in [-0.1, -0.05) is 77.6 Å². The second-order valence-electron chi connectivity index (χ2n) is 6.23. The number of carbonyl (C=O) groups is 1.